The fourth-order valence-electron chi connectivity index (χ4n) is 2.06. The Morgan fingerprint density at radius 2 is 1.96 bits per heavy atom. The van der Waals surface area contributed by atoms with Crippen LogP contribution in [0.3, 0.4) is 0 Å². The molecule has 136 valence electrons. The molecule has 1 unspecified atom stereocenters. The van der Waals surface area contributed by atoms with E-state index >= 15 is 0 Å². The van der Waals surface area contributed by atoms with Gasteiger partial charge in [-0.15, -0.1) is 0 Å². The topological polar surface area (TPSA) is 86.0 Å². The number of hydrogen-bond acceptors (Lipinski definition) is 6. The Hall–Kier alpha value is -2.29. The molecule has 2 rings (SSSR count). The Bertz CT molecular complexity index is 789. The van der Waals surface area contributed by atoms with Crippen molar-refractivity contribution in [2.45, 2.75) is 39.3 Å². The number of halogens is 2. The first-order valence-corrected chi connectivity index (χ1v) is 7.92. The van der Waals surface area contributed by atoms with Crippen molar-refractivity contribution < 1.29 is 13.9 Å². The van der Waals surface area contributed by atoms with Crippen LogP contribution in [0.4, 0.5) is 9.18 Å². The van der Waals surface area contributed by atoms with E-state index < -0.39 is 23.6 Å². The van der Waals surface area contributed by atoms with Gasteiger partial charge >= 0.3 is 6.09 Å². The molecule has 0 aromatic carbocycles. The maximum atomic E-state index is 14.3. The minimum absolute atomic E-state index is 0.0764. The molecule has 25 heavy (non-hydrogen) atoms. The van der Waals surface area contributed by atoms with Crippen molar-refractivity contribution in [1.82, 2.24) is 29.9 Å². The molecule has 0 aliphatic rings. The van der Waals surface area contributed by atoms with Gasteiger partial charge in [-0.1, -0.05) is 11.6 Å². The number of aromatic nitrogens is 5. The van der Waals surface area contributed by atoms with Gasteiger partial charge in [0.25, 0.3) is 0 Å². The minimum atomic E-state index is -0.793. The zero-order valence-corrected chi connectivity index (χ0v) is 15.7. The molecule has 0 aliphatic carbocycles. The van der Waals surface area contributed by atoms with Crippen LogP contribution in [0.5, 0.6) is 0 Å². The average Bonchev–Trinajstić information content (AvgIpc) is 2.88. The summed E-state index contributed by atoms with van der Waals surface area (Å²) < 4.78 is 19.6. The first-order valence-electron chi connectivity index (χ1n) is 7.54. The molecule has 0 spiro atoms. The lowest BCUT2D eigenvalue weighted by Gasteiger charge is -2.28. The molecule has 0 N–H and O–H groups in total. The number of hydrogen-bond donors (Lipinski definition) is 0. The van der Waals surface area contributed by atoms with Gasteiger partial charge < -0.3 is 9.64 Å². The molecule has 0 bridgehead atoms. The largest absolute Gasteiger partial charge is 0.444 e. The Morgan fingerprint density at radius 3 is 2.56 bits per heavy atom. The molecule has 10 heteroatoms. The van der Waals surface area contributed by atoms with E-state index in [1.54, 1.807) is 41.8 Å². The van der Waals surface area contributed by atoms with Crippen molar-refractivity contribution >= 4 is 17.7 Å². The number of carbonyl (C=O) groups excluding carboxylic acids is 1. The van der Waals surface area contributed by atoms with Crippen molar-refractivity contribution in [3.05, 3.63) is 23.0 Å². The lowest BCUT2D eigenvalue weighted by atomic mass is 10.1. The Morgan fingerprint density at radius 1 is 1.32 bits per heavy atom. The predicted molar refractivity (Wildman–Crippen MR) is 89.4 cm³/mol. The molecule has 2 aromatic rings. The Balaban J connectivity index is 2.40. The molecule has 0 saturated carbocycles. The fraction of sp³-hybridized carbons (Fsp3) is 0.533. The summed E-state index contributed by atoms with van der Waals surface area (Å²) in [4.78, 5) is 22.4. The van der Waals surface area contributed by atoms with Gasteiger partial charge in [0.2, 0.25) is 0 Å². The summed E-state index contributed by atoms with van der Waals surface area (Å²) in [6.45, 7) is 7.05. The summed E-state index contributed by atoms with van der Waals surface area (Å²) in [5.41, 5.74) is -0.160. The lowest BCUT2D eigenvalue weighted by molar-refractivity contribution is 0.0230. The summed E-state index contributed by atoms with van der Waals surface area (Å²) in [7, 11) is 3.16. The molecule has 1 atom stereocenters. The average molecular weight is 371 g/mol. The number of carbonyl (C=O) groups is 1. The van der Waals surface area contributed by atoms with Crippen LogP contribution >= 0.6 is 11.6 Å². The van der Waals surface area contributed by atoms with Gasteiger partial charge in [0.05, 0.1) is 6.04 Å². The number of aryl methyl sites for hydroxylation is 1. The number of nitrogens with zero attached hydrogens (tertiary/aromatic N) is 6. The van der Waals surface area contributed by atoms with Gasteiger partial charge in [-0.3, -0.25) is 0 Å². The second kappa shape index (κ2) is 6.91. The third-order valence-electron chi connectivity index (χ3n) is 3.37. The van der Waals surface area contributed by atoms with Crippen molar-refractivity contribution in [3.8, 4) is 11.4 Å². The quantitative estimate of drug-likeness (QED) is 0.772. The van der Waals surface area contributed by atoms with Crippen LogP contribution in [0.15, 0.2) is 6.33 Å². The maximum absolute atomic E-state index is 14.3. The van der Waals surface area contributed by atoms with E-state index in [0.29, 0.717) is 5.69 Å². The summed E-state index contributed by atoms with van der Waals surface area (Å²) in [5, 5.41) is 8.09. The highest BCUT2D eigenvalue weighted by molar-refractivity contribution is 6.29. The molecular weight excluding hydrogens is 351 g/mol. The number of amides is 1. The standard InChI is InChI=1S/C15H20ClFN6O2/c1-8(22(5)14(24)25-15(2,3)4)10-12(21-23(6)20-10)11-9(17)13(16)19-7-18-11/h7-8H,1-6H3. The maximum Gasteiger partial charge on any atom is 0.410 e. The zero-order valence-electron chi connectivity index (χ0n) is 14.9. The SMILES string of the molecule is CC(c1nn(C)nc1-c1ncnc(Cl)c1F)N(C)C(=O)OC(C)(C)C. The van der Waals surface area contributed by atoms with E-state index in [2.05, 4.69) is 20.2 Å². The number of rotatable bonds is 3. The molecule has 0 aliphatic heterocycles. The first-order chi connectivity index (χ1) is 11.5. The molecule has 0 fully saturated rings. The molecular formula is C15H20ClFN6O2. The second-order valence-electron chi connectivity index (χ2n) is 6.52. The Kier molecular flexibility index (Phi) is 5.26. The van der Waals surface area contributed by atoms with E-state index in [9.17, 15) is 9.18 Å². The van der Waals surface area contributed by atoms with E-state index in [4.69, 9.17) is 16.3 Å². The molecule has 1 amide bonds. The third-order valence-corrected chi connectivity index (χ3v) is 3.63. The monoisotopic (exact) mass is 370 g/mol. The van der Waals surface area contributed by atoms with Gasteiger partial charge in [0.15, 0.2) is 11.0 Å². The van der Waals surface area contributed by atoms with Crippen molar-refractivity contribution in [3.63, 3.8) is 0 Å². The molecule has 2 heterocycles. The highest BCUT2D eigenvalue weighted by atomic mass is 35.5. The van der Waals surface area contributed by atoms with E-state index in [0.717, 1.165) is 6.33 Å². The smallest absolute Gasteiger partial charge is 0.410 e. The van der Waals surface area contributed by atoms with E-state index in [-0.39, 0.29) is 16.5 Å². The fourth-order valence-corrected chi connectivity index (χ4v) is 2.19. The van der Waals surface area contributed by atoms with Crippen LogP contribution < -0.4 is 0 Å². The second-order valence-corrected chi connectivity index (χ2v) is 6.88. The van der Waals surface area contributed by atoms with E-state index in [1.807, 2.05) is 0 Å². The summed E-state index contributed by atoms with van der Waals surface area (Å²) in [5.74, 6) is -0.793. The van der Waals surface area contributed by atoms with Crippen molar-refractivity contribution in [2.24, 2.45) is 7.05 Å². The Labute approximate surface area is 150 Å². The first kappa shape index (κ1) is 19.0. The summed E-state index contributed by atoms with van der Waals surface area (Å²) >= 11 is 5.72. The van der Waals surface area contributed by atoms with Crippen molar-refractivity contribution in [2.75, 3.05) is 7.05 Å². The van der Waals surface area contributed by atoms with Gasteiger partial charge in [0, 0.05) is 14.1 Å². The van der Waals surface area contributed by atoms with Crippen molar-refractivity contribution in [1.29, 1.82) is 0 Å². The highest BCUT2D eigenvalue weighted by Crippen LogP contribution is 2.30. The number of ether oxygens (including phenoxy) is 1. The van der Waals surface area contributed by atoms with Crippen LogP contribution in [0.1, 0.15) is 39.4 Å². The minimum Gasteiger partial charge on any atom is -0.444 e. The van der Waals surface area contributed by atoms with Crippen LogP contribution in [-0.4, -0.2) is 48.6 Å². The van der Waals surface area contributed by atoms with Crippen LogP contribution in [0.2, 0.25) is 5.15 Å². The van der Waals surface area contributed by atoms with Crippen LogP contribution in [0, 0.1) is 5.82 Å². The van der Waals surface area contributed by atoms with Gasteiger partial charge in [-0.05, 0) is 27.7 Å². The summed E-state index contributed by atoms with van der Waals surface area (Å²) in [6.07, 6.45) is 0.611. The molecule has 8 nitrogen and oxygen atoms in total. The van der Waals surface area contributed by atoms with Crippen LogP contribution in [-0.2, 0) is 11.8 Å². The van der Waals surface area contributed by atoms with Crippen LogP contribution in [0.25, 0.3) is 11.4 Å². The lowest BCUT2D eigenvalue weighted by Crippen LogP contribution is -2.36. The highest BCUT2D eigenvalue weighted by Gasteiger charge is 2.29. The zero-order chi connectivity index (χ0) is 18.9. The normalized spacial score (nSPS) is 12.8. The van der Waals surface area contributed by atoms with Gasteiger partial charge in [-0.25, -0.2) is 19.2 Å². The third kappa shape index (κ3) is 4.22. The molecule has 2 aromatic heterocycles. The van der Waals surface area contributed by atoms with E-state index in [1.165, 1.54) is 9.70 Å². The predicted octanol–water partition coefficient (Wildman–Crippen LogP) is 2.99. The molecule has 0 saturated heterocycles. The van der Waals surface area contributed by atoms with Gasteiger partial charge in [-0.2, -0.15) is 15.0 Å². The van der Waals surface area contributed by atoms with Gasteiger partial charge in [0.1, 0.15) is 29.0 Å². The molecule has 0 radical (unpaired) electrons. The summed E-state index contributed by atoms with van der Waals surface area (Å²) in [6, 6.07) is -0.535.